The zero-order valence-electron chi connectivity index (χ0n) is 10.8. The van der Waals surface area contributed by atoms with E-state index in [1.807, 2.05) is 20.0 Å². The Bertz CT molecular complexity index is 468. The van der Waals surface area contributed by atoms with Gasteiger partial charge >= 0.3 is 6.01 Å². The zero-order chi connectivity index (χ0) is 13.0. The second-order valence-corrected chi connectivity index (χ2v) is 5.06. The van der Waals surface area contributed by atoms with Crippen LogP contribution >= 0.6 is 11.3 Å². The molecule has 2 aromatic heterocycles. The normalized spacial score (nSPS) is 14.4. The van der Waals surface area contributed by atoms with Crippen LogP contribution in [-0.2, 0) is 0 Å². The van der Waals surface area contributed by atoms with E-state index in [-0.39, 0.29) is 12.1 Å². The maximum atomic E-state index is 5.58. The molecule has 0 bridgehead atoms. The van der Waals surface area contributed by atoms with E-state index < -0.39 is 0 Å². The van der Waals surface area contributed by atoms with Gasteiger partial charge in [-0.2, -0.15) is 0 Å². The van der Waals surface area contributed by atoms with Crippen molar-refractivity contribution in [3.05, 3.63) is 28.3 Å². The fourth-order valence-corrected chi connectivity index (χ4v) is 2.47. The lowest BCUT2D eigenvalue weighted by Gasteiger charge is -2.13. The van der Waals surface area contributed by atoms with Crippen LogP contribution in [0.5, 0.6) is 0 Å². The third-order valence-electron chi connectivity index (χ3n) is 2.84. The highest BCUT2D eigenvalue weighted by Crippen LogP contribution is 2.26. The van der Waals surface area contributed by atoms with Crippen molar-refractivity contribution in [2.75, 3.05) is 12.4 Å². The van der Waals surface area contributed by atoms with E-state index in [0.717, 1.165) is 6.42 Å². The van der Waals surface area contributed by atoms with Gasteiger partial charge in [-0.15, -0.1) is 16.4 Å². The van der Waals surface area contributed by atoms with Gasteiger partial charge in [-0.1, -0.05) is 18.1 Å². The van der Waals surface area contributed by atoms with Gasteiger partial charge in [-0.05, 0) is 31.8 Å². The van der Waals surface area contributed by atoms with Crippen LogP contribution in [0.4, 0.5) is 6.01 Å². The van der Waals surface area contributed by atoms with Crippen LogP contribution in [0.15, 0.2) is 21.9 Å². The van der Waals surface area contributed by atoms with Crippen LogP contribution in [-0.4, -0.2) is 17.2 Å². The van der Waals surface area contributed by atoms with Crippen LogP contribution in [0.25, 0.3) is 0 Å². The molecule has 98 valence electrons. The lowest BCUT2D eigenvalue weighted by molar-refractivity contribution is 0.438. The predicted octanol–water partition coefficient (Wildman–Crippen LogP) is 2.97. The van der Waals surface area contributed by atoms with Crippen molar-refractivity contribution in [1.82, 2.24) is 15.5 Å². The molecule has 0 saturated heterocycles. The van der Waals surface area contributed by atoms with Gasteiger partial charge in [0.2, 0.25) is 5.89 Å². The first-order chi connectivity index (χ1) is 8.74. The Labute approximate surface area is 111 Å². The van der Waals surface area contributed by atoms with Crippen LogP contribution in [0, 0.1) is 0 Å². The fraction of sp³-hybridized carbons (Fsp3) is 0.500. The molecule has 6 heteroatoms. The van der Waals surface area contributed by atoms with E-state index in [9.17, 15) is 0 Å². The molecule has 2 heterocycles. The first-order valence-electron chi connectivity index (χ1n) is 6.05. The quantitative estimate of drug-likeness (QED) is 0.841. The number of nitrogens with zero attached hydrogens (tertiary/aromatic N) is 2. The summed E-state index contributed by atoms with van der Waals surface area (Å²) in [5.41, 5.74) is 0. The highest BCUT2D eigenvalue weighted by Gasteiger charge is 2.16. The molecule has 2 N–H and O–H groups in total. The fourth-order valence-electron chi connectivity index (χ4n) is 1.60. The van der Waals surface area contributed by atoms with Gasteiger partial charge < -0.3 is 15.1 Å². The van der Waals surface area contributed by atoms with Crippen molar-refractivity contribution in [2.24, 2.45) is 0 Å². The molecule has 18 heavy (non-hydrogen) atoms. The Morgan fingerprint density at radius 3 is 2.89 bits per heavy atom. The largest absolute Gasteiger partial charge is 0.406 e. The van der Waals surface area contributed by atoms with Gasteiger partial charge in [0.05, 0.1) is 12.1 Å². The number of anilines is 1. The molecule has 0 aliphatic carbocycles. The first kappa shape index (κ1) is 13.0. The third-order valence-corrected chi connectivity index (χ3v) is 3.82. The molecule has 0 aliphatic rings. The van der Waals surface area contributed by atoms with Crippen LogP contribution < -0.4 is 10.6 Å². The van der Waals surface area contributed by atoms with E-state index in [1.165, 1.54) is 4.88 Å². The number of hydrogen-bond acceptors (Lipinski definition) is 6. The molecule has 0 aliphatic heterocycles. The first-order valence-corrected chi connectivity index (χ1v) is 6.93. The van der Waals surface area contributed by atoms with Crippen molar-refractivity contribution < 1.29 is 4.42 Å². The number of aromatic nitrogens is 2. The molecule has 2 rings (SSSR count). The van der Waals surface area contributed by atoms with Crippen molar-refractivity contribution in [1.29, 1.82) is 0 Å². The number of hydrogen-bond donors (Lipinski definition) is 2. The molecule has 5 nitrogen and oxygen atoms in total. The average molecular weight is 266 g/mol. The van der Waals surface area contributed by atoms with Crippen molar-refractivity contribution in [3.8, 4) is 0 Å². The molecule has 0 spiro atoms. The number of rotatable bonds is 6. The van der Waals surface area contributed by atoms with E-state index >= 15 is 0 Å². The van der Waals surface area contributed by atoms with Crippen molar-refractivity contribution in [2.45, 2.75) is 32.4 Å². The van der Waals surface area contributed by atoms with E-state index in [0.29, 0.717) is 11.9 Å². The average Bonchev–Trinajstić information content (AvgIpc) is 3.05. The molecule has 2 atom stereocenters. The van der Waals surface area contributed by atoms with Crippen molar-refractivity contribution in [3.63, 3.8) is 0 Å². The van der Waals surface area contributed by atoms with Crippen LogP contribution in [0.3, 0.4) is 0 Å². The molecule has 0 saturated carbocycles. The summed E-state index contributed by atoms with van der Waals surface area (Å²) in [4.78, 5) is 1.28. The predicted molar refractivity (Wildman–Crippen MR) is 72.7 cm³/mol. The topological polar surface area (TPSA) is 63.0 Å². The minimum absolute atomic E-state index is 0.0647. The zero-order valence-corrected chi connectivity index (χ0v) is 11.6. The van der Waals surface area contributed by atoms with Gasteiger partial charge in [0, 0.05) is 4.88 Å². The summed E-state index contributed by atoms with van der Waals surface area (Å²) in [6.45, 7) is 4.11. The van der Waals surface area contributed by atoms with E-state index in [1.54, 1.807) is 11.3 Å². The molecule has 2 aromatic rings. The highest BCUT2D eigenvalue weighted by molar-refractivity contribution is 7.10. The molecule has 0 radical (unpaired) electrons. The lowest BCUT2D eigenvalue weighted by Crippen LogP contribution is -2.12. The standard InChI is InChI=1S/C12H18N4OS/c1-4-9(10-6-5-7-18-10)14-12-16-15-11(17-12)8(2)13-3/h5-9,13H,4H2,1-3H3,(H,14,16). The SMILES string of the molecule is CCC(Nc1nnc(C(C)NC)o1)c1cccs1. The van der Waals surface area contributed by atoms with Gasteiger partial charge in [-0.25, -0.2) is 0 Å². The molecule has 0 aromatic carbocycles. The molecular weight excluding hydrogens is 248 g/mol. The number of nitrogens with one attached hydrogen (secondary N) is 2. The second-order valence-electron chi connectivity index (χ2n) is 4.08. The second kappa shape index (κ2) is 5.97. The Hall–Kier alpha value is -1.40. The maximum Gasteiger partial charge on any atom is 0.316 e. The molecule has 2 unspecified atom stereocenters. The number of thiophene rings is 1. The van der Waals surface area contributed by atoms with Gasteiger partial charge in [0.15, 0.2) is 0 Å². The minimum atomic E-state index is 0.0647. The molecular formula is C12H18N4OS. The molecule has 0 amide bonds. The Balaban J connectivity index is 2.06. The Morgan fingerprint density at radius 2 is 2.28 bits per heavy atom. The minimum Gasteiger partial charge on any atom is -0.406 e. The third kappa shape index (κ3) is 2.88. The summed E-state index contributed by atoms with van der Waals surface area (Å²) >= 11 is 1.73. The van der Waals surface area contributed by atoms with Crippen LogP contribution in [0.2, 0.25) is 0 Å². The molecule has 0 fully saturated rings. The summed E-state index contributed by atoms with van der Waals surface area (Å²) < 4.78 is 5.58. The van der Waals surface area contributed by atoms with Crippen molar-refractivity contribution >= 4 is 17.4 Å². The lowest BCUT2D eigenvalue weighted by atomic mass is 10.2. The Morgan fingerprint density at radius 1 is 1.44 bits per heavy atom. The van der Waals surface area contributed by atoms with E-state index in [2.05, 4.69) is 39.2 Å². The highest BCUT2D eigenvalue weighted by atomic mass is 32.1. The summed E-state index contributed by atoms with van der Waals surface area (Å²) in [6.07, 6.45) is 0.972. The summed E-state index contributed by atoms with van der Waals surface area (Å²) in [6, 6.07) is 4.93. The monoisotopic (exact) mass is 266 g/mol. The van der Waals surface area contributed by atoms with E-state index in [4.69, 9.17) is 4.42 Å². The van der Waals surface area contributed by atoms with Gasteiger partial charge in [-0.3, -0.25) is 0 Å². The maximum absolute atomic E-state index is 5.58. The summed E-state index contributed by atoms with van der Waals surface area (Å²) in [5, 5.41) is 16.4. The smallest absolute Gasteiger partial charge is 0.316 e. The van der Waals surface area contributed by atoms with Gasteiger partial charge in [0.25, 0.3) is 0 Å². The summed E-state index contributed by atoms with van der Waals surface area (Å²) in [5.74, 6) is 0.598. The van der Waals surface area contributed by atoms with Gasteiger partial charge in [0.1, 0.15) is 0 Å². The van der Waals surface area contributed by atoms with Crippen LogP contribution in [0.1, 0.15) is 43.1 Å². The Kier molecular flexibility index (Phi) is 4.33. The summed E-state index contributed by atoms with van der Waals surface area (Å²) in [7, 11) is 1.86.